The number of hydrogen-bond donors (Lipinski definition) is 0. The smallest absolute Gasteiger partial charge is 0.0416 e. The average molecular weight is 110 g/mol. The van der Waals surface area contributed by atoms with Gasteiger partial charge in [-0.05, 0) is 12.8 Å². The van der Waals surface area contributed by atoms with Crippen LogP contribution in [0.25, 0.3) is 0 Å². The predicted octanol–water partition coefficient (Wildman–Crippen LogP) is 0.0636. The number of hydrogen-bond acceptors (Lipinski definition) is 2. The average Bonchev–Trinajstić information content (AvgIpc) is 1.70. The molecule has 2 nitrogen and oxygen atoms in total. The third kappa shape index (κ3) is 0.213. The zero-order valence-electron chi connectivity index (χ0n) is 4.88. The normalized spacial score (nSPS) is 52.5. The molecular weight excluding hydrogens is 100 g/mol. The molecule has 0 radical (unpaired) electrons. The molecule has 0 amide bonds. The Morgan fingerprint density at radius 3 is 1.50 bits per heavy atom. The largest absolute Gasteiger partial charge is 0.235 e. The topological polar surface area (TPSA) is 6.48 Å². The first-order valence-corrected chi connectivity index (χ1v) is 3.50. The molecule has 1 aliphatic carbocycles. The molecule has 3 aliphatic rings. The van der Waals surface area contributed by atoms with E-state index in [1.54, 1.807) is 0 Å². The molecule has 2 unspecified atom stereocenters. The SMILES string of the molecule is C1CC2C1N1CCN21. The standard InChI is InChI=1S/C6H10N2/c1-2-6-5(1)7-3-4-8(6)7/h5-6H,1-4H2. The fourth-order valence-electron chi connectivity index (χ4n) is 2.13. The summed E-state index contributed by atoms with van der Waals surface area (Å²) in [6.45, 7) is 2.70. The first-order valence-electron chi connectivity index (χ1n) is 3.50. The summed E-state index contributed by atoms with van der Waals surface area (Å²) in [5.74, 6) is 0. The lowest BCUT2D eigenvalue weighted by atomic mass is 9.78. The molecule has 44 valence electrons. The summed E-state index contributed by atoms with van der Waals surface area (Å²) in [6, 6.07) is 2.01. The van der Waals surface area contributed by atoms with Crippen LogP contribution in [0.3, 0.4) is 0 Å². The minimum absolute atomic E-state index is 1.00. The number of nitrogens with zero attached hydrogens (tertiary/aromatic N) is 2. The van der Waals surface area contributed by atoms with E-state index in [0.717, 1.165) is 12.1 Å². The Hall–Kier alpha value is -0.0800. The lowest BCUT2D eigenvalue weighted by Crippen LogP contribution is -2.83. The lowest BCUT2D eigenvalue weighted by molar-refractivity contribution is -0.312. The van der Waals surface area contributed by atoms with Crippen LogP contribution in [0.5, 0.6) is 0 Å². The molecule has 0 spiro atoms. The summed E-state index contributed by atoms with van der Waals surface area (Å²) in [5.41, 5.74) is 0. The number of fused-ring (bicyclic) bond motifs is 4. The summed E-state index contributed by atoms with van der Waals surface area (Å²) < 4.78 is 0. The number of rotatable bonds is 0. The van der Waals surface area contributed by atoms with Crippen LogP contribution in [-0.4, -0.2) is 35.2 Å². The van der Waals surface area contributed by atoms with Gasteiger partial charge in [0.25, 0.3) is 0 Å². The van der Waals surface area contributed by atoms with Crippen molar-refractivity contribution in [1.29, 1.82) is 0 Å². The van der Waals surface area contributed by atoms with Gasteiger partial charge in [0.1, 0.15) is 0 Å². The summed E-state index contributed by atoms with van der Waals surface area (Å²) in [5, 5.41) is 5.02. The zero-order valence-corrected chi connectivity index (χ0v) is 4.88. The molecule has 3 fully saturated rings. The van der Waals surface area contributed by atoms with Gasteiger partial charge < -0.3 is 0 Å². The minimum atomic E-state index is 1.00. The molecule has 0 bridgehead atoms. The van der Waals surface area contributed by atoms with Crippen molar-refractivity contribution >= 4 is 0 Å². The second-order valence-corrected chi connectivity index (χ2v) is 3.04. The van der Waals surface area contributed by atoms with Crippen molar-refractivity contribution in [1.82, 2.24) is 10.0 Å². The molecule has 2 aliphatic heterocycles. The fraction of sp³-hybridized carbons (Fsp3) is 1.00. The van der Waals surface area contributed by atoms with Crippen molar-refractivity contribution in [2.45, 2.75) is 24.9 Å². The second-order valence-electron chi connectivity index (χ2n) is 3.04. The third-order valence-corrected chi connectivity index (χ3v) is 2.86. The molecule has 0 aromatic heterocycles. The maximum absolute atomic E-state index is 2.51. The van der Waals surface area contributed by atoms with E-state index < -0.39 is 0 Å². The minimum Gasteiger partial charge on any atom is -0.235 e. The zero-order chi connectivity index (χ0) is 5.14. The van der Waals surface area contributed by atoms with Gasteiger partial charge in [0, 0.05) is 25.2 Å². The molecule has 3 rings (SSSR count). The van der Waals surface area contributed by atoms with E-state index >= 15 is 0 Å². The summed E-state index contributed by atoms with van der Waals surface area (Å²) in [4.78, 5) is 0. The van der Waals surface area contributed by atoms with Gasteiger partial charge in [0.2, 0.25) is 0 Å². The maximum Gasteiger partial charge on any atom is 0.0416 e. The van der Waals surface area contributed by atoms with Crippen LogP contribution >= 0.6 is 0 Å². The van der Waals surface area contributed by atoms with Crippen molar-refractivity contribution in [3.05, 3.63) is 0 Å². The van der Waals surface area contributed by atoms with Crippen LogP contribution < -0.4 is 0 Å². The van der Waals surface area contributed by atoms with E-state index in [0.29, 0.717) is 0 Å². The first kappa shape index (κ1) is 3.85. The van der Waals surface area contributed by atoms with Crippen LogP contribution in [0.4, 0.5) is 0 Å². The van der Waals surface area contributed by atoms with E-state index in [-0.39, 0.29) is 0 Å². The van der Waals surface area contributed by atoms with Gasteiger partial charge in [-0.1, -0.05) is 0 Å². The van der Waals surface area contributed by atoms with E-state index in [4.69, 9.17) is 0 Å². The van der Waals surface area contributed by atoms with E-state index in [1.807, 2.05) is 0 Å². The highest BCUT2D eigenvalue weighted by molar-refractivity contribution is 5.06. The molecule has 0 aromatic carbocycles. The molecule has 2 heteroatoms. The lowest BCUT2D eigenvalue weighted by Gasteiger charge is -2.69. The maximum atomic E-state index is 2.51. The van der Waals surface area contributed by atoms with Crippen molar-refractivity contribution in [3.8, 4) is 0 Å². The Morgan fingerprint density at radius 2 is 1.38 bits per heavy atom. The molecule has 1 saturated carbocycles. The van der Waals surface area contributed by atoms with Crippen LogP contribution in [0.1, 0.15) is 12.8 Å². The Balaban J connectivity index is 1.87. The summed E-state index contributed by atoms with van der Waals surface area (Å²) >= 11 is 0. The Kier molecular flexibility index (Phi) is 0.461. The number of piperazine rings is 1. The van der Waals surface area contributed by atoms with Crippen molar-refractivity contribution in [3.63, 3.8) is 0 Å². The van der Waals surface area contributed by atoms with Gasteiger partial charge in [-0.3, -0.25) is 0 Å². The van der Waals surface area contributed by atoms with Gasteiger partial charge in [-0.2, -0.15) is 0 Å². The fourth-order valence-corrected chi connectivity index (χ4v) is 2.13. The highest BCUT2D eigenvalue weighted by atomic mass is 15.8. The molecular formula is C6H10N2. The van der Waals surface area contributed by atoms with Gasteiger partial charge in [0.15, 0.2) is 0 Å². The Bertz CT molecular complexity index is 94.5. The van der Waals surface area contributed by atoms with Crippen molar-refractivity contribution < 1.29 is 0 Å². The van der Waals surface area contributed by atoms with Gasteiger partial charge in [0.05, 0.1) is 0 Å². The second kappa shape index (κ2) is 0.957. The summed E-state index contributed by atoms with van der Waals surface area (Å²) in [7, 11) is 0. The summed E-state index contributed by atoms with van der Waals surface area (Å²) in [6.07, 6.45) is 2.95. The first-order chi connectivity index (χ1) is 3.97. The van der Waals surface area contributed by atoms with Crippen LogP contribution in [0.15, 0.2) is 0 Å². The van der Waals surface area contributed by atoms with Crippen molar-refractivity contribution in [2.24, 2.45) is 0 Å². The molecule has 0 N–H and O–H groups in total. The number of hydrazine groups is 1. The van der Waals surface area contributed by atoms with Crippen molar-refractivity contribution in [2.75, 3.05) is 13.1 Å². The molecule has 2 atom stereocenters. The molecule has 2 heterocycles. The van der Waals surface area contributed by atoms with E-state index in [9.17, 15) is 0 Å². The quantitative estimate of drug-likeness (QED) is 0.435. The highest BCUT2D eigenvalue weighted by Crippen LogP contribution is 2.44. The molecule has 2 saturated heterocycles. The van der Waals surface area contributed by atoms with Crippen LogP contribution in [0, 0.1) is 0 Å². The van der Waals surface area contributed by atoms with Crippen LogP contribution in [0.2, 0.25) is 0 Å². The highest BCUT2D eigenvalue weighted by Gasteiger charge is 2.56. The van der Waals surface area contributed by atoms with Gasteiger partial charge in [-0.25, -0.2) is 10.0 Å². The predicted molar refractivity (Wildman–Crippen MR) is 30.2 cm³/mol. The molecule has 0 aromatic rings. The Morgan fingerprint density at radius 1 is 0.875 bits per heavy atom. The van der Waals surface area contributed by atoms with Crippen LogP contribution in [-0.2, 0) is 0 Å². The molecule has 8 heavy (non-hydrogen) atoms. The monoisotopic (exact) mass is 110 g/mol. The van der Waals surface area contributed by atoms with Gasteiger partial charge >= 0.3 is 0 Å². The van der Waals surface area contributed by atoms with E-state index in [1.165, 1.54) is 25.9 Å². The van der Waals surface area contributed by atoms with Gasteiger partial charge in [-0.15, -0.1) is 0 Å². The van der Waals surface area contributed by atoms with E-state index in [2.05, 4.69) is 10.0 Å². The third-order valence-electron chi connectivity index (χ3n) is 2.86. The Labute approximate surface area is 49.0 Å².